The third-order valence-corrected chi connectivity index (χ3v) is 4.79. The molecule has 0 spiro atoms. The number of hydrogen-bond donors (Lipinski definition) is 4. The molecule has 0 radical (unpaired) electrons. The number of amides is 1. The van der Waals surface area contributed by atoms with E-state index in [4.69, 9.17) is 28.3 Å². The maximum Gasteiger partial charge on any atom is 0.335 e. The number of aromatic nitrogens is 4. The molecule has 36 heavy (non-hydrogen) atoms. The van der Waals surface area contributed by atoms with Crippen LogP contribution in [0, 0.1) is 0 Å². The van der Waals surface area contributed by atoms with Crippen molar-refractivity contribution in [2.75, 3.05) is 17.2 Å². The zero-order valence-corrected chi connectivity index (χ0v) is 20.5. The minimum atomic E-state index is -0.962. The van der Waals surface area contributed by atoms with E-state index in [1.165, 1.54) is 18.3 Å². The number of aromatic carboxylic acids is 1. The van der Waals surface area contributed by atoms with Gasteiger partial charge in [0, 0.05) is 35.9 Å². The monoisotopic (exact) mass is 525 g/mol. The Kier molecular flexibility index (Phi) is 9.49. The number of carbonyl (C=O) groups excluding carboxylic acids is 1. The summed E-state index contributed by atoms with van der Waals surface area (Å²) in [6.07, 6.45) is 3.10. The predicted molar refractivity (Wildman–Crippen MR) is 138 cm³/mol. The maximum absolute atomic E-state index is 11.6. The number of benzene rings is 2. The van der Waals surface area contributed by atoms with Crippen LogP contribution in [0.1, 0.15) is 27.6 Å². The lowest BCUT2D eigenvalue weighted by Gasteiger charge is -2.06. The highest BCUT2D eigenvalue weighted by molar-refractivity contribution is 6.29. The van der Waals surface area contributed by atoms with E-state index in [0.29, 0.717) is 40.0 Å². The third-order valence-electron chi connectivity index (χ3n) is 4.37. The number of halogens is 2. The number of anilines is 4. The van der Waals surface area contributed by atoms with Crippen molar-refractivity contribution in [3.8, 4) is 0 Å². The van der Waals surface area contributed by atoms with Crippen LogP contribution in [-0.4, -0.2) is 43.5 Å². The molecule has 0 saturated carbocycles. The van der Waals surface area contributed by atoms with Gasteiger partial charge >= 0.3 is 5.97 Å². The van der Waals surface area contributed by atoms with Gasteiger partial charge in [0.25, 0.3) is 5.91 Å². The van der Waals surface area contributed by atoms with Crippen molar-refractivity contribution in [2.45, 2.75) is 6.92 Å². The molecule has 0 unspecified atom stereocenters. The lowest BCUT2D eigenvalue weighted by Crippen LogP contribution is -2.22. The maximum atomic E-state index is 11.6. The van der Waals surface area contributed by atoms with E-state index in [1.807, 2.05) is 6.92 Å². The Morgan fingerprint density at radius 3 is 1.58 bits per heavy atom. The Morgan fingerprint density at radius 2 is 1.19 bits per heavy atom. The summed E-state index contributed by atoms with van der Waals surface area (Å²) >= 11 is 11.5. The first-order valence-corrected chi connectivity index (χ1v) is 11.3. The molecule has 2 aromatic carbocycles. The van der Waals surface area contributed by atoms with Gasteiger partial charge in [-0.2, -0.15) is 0 Å². The fourth-order valence-electron chi connectivity index (χ4n) is 2.72. The van der Waals surface area contributed by atoms with Gasteiger partial charge in [-0.05, 0) is 67.6 Å². The topological polar surface area (TPSA) is 142 Å². The van der Waals surface area contributed by atoms with Gasteiger partial charge in [-0.3, -0.25) is 4.79 Å². The molecule has 4 N–H and O–H groups in total. The first-order chi connectivity index (χ1) is 17.3. The first kappa shape index (κ1) is 26.3. The van der Waals surface area contributed by atoms with Gasteiger partial charge in [0.1, 0.15) is 10.3 Å². The molecular formula is C24H21Cl2N7O3. The smallest absolute Gasteiger partial charge is 0.335 e. The average Bonchev–Trinajstić information content (AvgIpc) is 2.85. The summed E-state index contributed by atoms with van der Waals surface area (Å²) in [7, 11) is 0. The predicted octanol–water partition coefficient (Wildman–Crippen LogP) is 5.20. The number of carbonyl (C=O) groups is 2. The van der Waals surface area contributed by atoms with Crippen molar-refractivity contribution in [2.24, 2.45) is 0 Å². The van der Waals surface area contributed by atoms with E-state index >= 15 is 0 Å². The zero-order chi connectivity index (χ0) is 25.9. The summed E-state index contributed by atoms with van der Waals surface area (Å²) in [6.45, 7) is 2.49. The summed E-state index contributed by atoms with van der Waals surface area (Å²) in [5, 5.41) is 18.1. The normalized spacial score (nSPS) is 9.97. The molecule has 0 fully saturated rings. The van der Waals surface area contributed by atoms with Gasteiger partial charge in [0.05, 0.1) is 5.56 Å². The molecule has 12 heteroatoms. The number of carboxylic acid groups (broad SMARTS) is 1. The summed E-state index contributed by atoms with van der Waals surface area (Å²) in [5.74, 6) is -0.276. The number of nitrogens with one attached hydrogen (secondary N) is 3. The van der Waals surface area contributed by atoms with Crippen molar-refractivity contribution < 1.29 is 14.7 Å². The van der Waals surface area contributed by atoms with Gasteiger partial charge in [0.2, 0.25) is 11.9 Å². The van der Waals surface area contributed by atoms with Crippen molar-refractivity contribution in [3.63, 3.8) is 0 Å². The zero-order valence-electron chi connectivity index (χ0n) is 18.9. The molecule has 0 aliphatic carbocycles. The van der Waals surface area contributed by atoms with Crippen LogP contribution in [0.25, 0.3) is 0 Å². The van der Waals surface area contributed by atoms with Crippen molar-refractivity contribution in [1.82, 2.24) is 25.3 Å². The minimum absolute atomic E-state index is 0.0898. The van der Waals surface area contributed by atoms with Crippen LogP contribution in [0.5, 0.6) is 0 Å². The second-order valence-electron chi connectivity index (χ2n) is 6.98. The van der Waals surface area contributed by atoms with Gasteiger partial charge in [-0.25, -0.2) is 24.7 Å². The van der Waals surface area contributed by atoms with Crippen LogP contribution < -0.4 is 16.0 Å². The lowest BCUT2D eigenvalue weighted by atomic mass is 10.2. The molecule has 4 rings (SSSR count). The molecule has 2 aromatic heterocycles. The fourth-order valence-corrected chi connectivity index (χ4v) is 2.99. The highest BCUT2D eigenvalue weighted by Gasteiger charge is 2.05. The highest BCUT2D eigenvalue weighted by atomic mass is 35.5. The van der Waals surface area contributed by atoms with E-state index in [-0.39, 0.29) is 11.5 Å². The van der Waals surface area contributed by atoms with E-state index in [2.05, 4.69) is 35.9 Å². The molecule has 4 aromatic rings. The van der Waals surface area contributed by atoms with E-state index in [9.17, 15) is 9.59 Å². The van der Waals surface area contributed by atoms with E-state index < -0.39 is 5.97 Å². The number of rotatable bonds is 7. The molecule has 10 nitrogen and oxygen atoms in total. The average molecular weight is 526 g/mol. The highest BCUT2D eigenvalue weighted by Crippen LogP contribution is 2.16. The SMILES string of the molecule is CCNC(=O)c1ccc(Nc2nccc(Cl)n2)cc1.O=C(O)c1ccc(Nc2nccc(Cl)n2)cc1. The lowest BCUT2D eigenvalue weighted by molar-refractivity contribution is 0.0696. The number of hydrogen-bond acceptors (Lipinski definition) is 8. The van der Waals surface area contributed by atoms with Crippen LogP contribution >= 0.6 is 23.2 Å². The summed E-state index contributed by atoms with van der Waals surface area (Å²) < 4.78 is 0. The summed E-state index contributed by atoms with van der Waals surface area (Å²) in [4.78, 5) is 38.2. The second-order valence-corrected chi connectivity index (χ2v) is 7.75. The molecule has 0 saturated heterocycles. The van der Waals surface area contributed by atoms with Crippen LogP contribution in [0.2, 0.25) is 10.3 Å². The van der Waals surface area contributed by atoms with Crippen LogP contribution in [0.3, 0.4) is 0 Å². The van der Waals surface area contributed by atoms with Crippen LogP contribution in [0.4, 0.5) is 23.3 Å². The standard InChI is InChI=1S/C13H13ClN4O.C11H8ClN3O2/c1-2-15-12(19)9-3-5-10(6-4-9)17-13-16-8-7-11(14)18-13;12-9-5-6-13-11(15-9)14-8-3-1-7(2-4-8)10(16)17/h3-8H,2H2,1H3,(H,15,19)(H,16,17,18);1-6H,(H,16,17)(H,13,14,15). The van der Waals surface area contributed by atoms with Gasteiger partial charge < -0.3 is 21.1 Å². The minimum Gasteiger partial charge on any atom is -0.478 e. The van der Waals surface area contributed by atoms with E-state index in [0.717, 1.165) is 5.69 Å². The molecule has 184 valence electrons. The molecular weight excluding hydrogens is 505 g/mol. The molecule has 0 bridgehead atoms. The molecule has 0 atom stereocenters. The quantitative estimate of drug-likeness (QED) is 0.239. The Morgan fingerprint density at radius 1 is 0.750 bits per heavy atom. The van der Waals surface area contributed by atoms with Gasteiger partial charge in [-0.15, -0.1) is 0 Å². The fraction of sp³-hybridized carbons (Fsp3) is 0.0833. The van der Waals surface area contributed by atoms with Gasteiger partial charge in [0.15, 0.2) is 0 Å². The molecule has 2 heterocycles. The van der Waals surface area contributed by atoms with Crippen LogP contribution in [0.15, 0.2) is 73.1 Å². The number of nitrogens with zero attached hydrogens (tertiary/aromatic N) is 4. The first-order valence-electron chi connectivity index (χ1n) is 10.6. The molecule has 0 aliphatic heterocycles. The summed E-state index contributed by atoms with van der Waals surface area (Å²) in [5.41, 5.74) is 2.31. The van der Waals surface area contributed by atoms with Crippen molar-refractivity contribution >= 4 is 58.3 Å². The van der Waals surface area contributed by atoms with E-state index in [1.54, 1.807) is 54.7 Å². The summed E-state index contributed by atoms with van der Waals surface area (Å²) in [6, 6.07) is 16.5. The Hall–Kier alpha value is -4.28. The largest absolute Gasteiger partial charge is 0.478 e. The molecule has 1 amide bonds. The van der Waals surface area contributed by atoms with Crippen molar-refractivity contribution in [3.05, 3.63) is 94.5 Å². The van der Waals surface area contributed by atoms with Crippen LogP contribution in [-0.2, 0) is 0 Å². The van der Waals surface area contributed by atoms with Crippen molar-refractivity contribution in [1.29, 1.82) is 0 Å². The Balaban J connectivity index is 0.000000202. The molecule has 0 aliphatic rings. The number of carboxylic acids is 1. The Bertz CT molecular complexity index is 1320. The van der Waals surface area contributed by atoms with Gasteiger partial charge in [-0.1, -0.05) is 23.2 Å². The Labute approximate surface area is 216 Å². The third kappa shape index (κ3) is 8.19. The second kappa shape index (κ2) is 13.0.